The van der Waals surface area contributed by atoms with Crippen molar-refractivity contribution in [3.63, 3.8) is 0 Å². The molecule has 0 heterocycles. The Morgan fingerprint density at radius 2 is 1.86 bits per heavy atom. The van der Waals surface area contributed by atoms with Crippen molar-refractivity contribution in [2.45, 2.75) is 26.7 Å². The first-order chi connectivity index (χ1) is 10.3. The van der Waals surface area contributed by atoms with E-state index in [1.807, 2.05) is 26.8 Å². The number of benzene rings is 2. The van der Waals surface area contributed by atoms with Crippen molar-refractivity contribution in [1.29, 1.82) is 0 Å². The van der Waals surface area contributed by atoms with Crippen LogP contribution < -0.4 is 4.74 Å². The summed E-state index contributed by atoms with van der Waals surface area (Å²) in [6.07, 6.45) is 0. The Morgan fingerprint density at radius 3 is 2.41 bits per heavy atom. The summed E-state index contributed by atoms with van der Waals surface area (Å²) in [7, 11) is 1.45. The maximum absolute atomic E-state index is 14.1. The lowest BCUT2D eigenvalue weighted by atomic mass is 9.92. The van der Waals surface area contributed by atoms with E-state index in [2.05, 4.69) is 0 Å². The molecule has 0 radical (unpaired) electrons. The number of aryl methyl sites for hydroxylation is 1. The van der Waals surface area contributed by atoms with Crippen LogP contribution in [-0.2, 0) is 0 Å². The Bertz CT molecular complexity index is 721. The number of carboxylic acid groups (broad SMARTS) is 1. The average Bonchev–Trinajstić information content (AvgIpc) is 2.46. The smallest absolute Gasteiger partial charge is 0.336 e. The quantitative estimate of drug-likeness (QED) is 0.895. The maximum Gasteiger partial charge on any atom is 0.336 e. The molecule has 22 heavy (non-hydrogen) atoms. The standard InChI is InChI=1S/C18H19FO3/c1-10(2)13-8-14(17(22-4)9-16(13)19)12-6-5-11(3)7-15(12)18(20)21/h5-10H,1-4H3,(H,20,21). The largest absolute Gasteiger partial charge is 0.496 e. The van der Waals surface area contributed by atoms with Crippen LogP contribution in [0, 0.1) is 12.7 Å². The first kappa shape index (κ1) is 16.0. The van der Waals surface area contributed by atoms with Crippen molar-refractivity contribution in [2.75, 3.05) is 7.11 Å². The molecule has 116 valence electrons. The van der Waals surface area contributed by atoms with Gasteiger partial charge in [0.2, 0.25) is 0 Å². The van der Waals surface area contributed by atoms with Gasteiger partial charge in [-0.3, -0.25) is 0 Å². The molecule has 0 spiro atoms. The third-order valence-corrected chi connectivity index (χ3v) is 3.64. The Hall–Kier alpha value is -2.36. The van der Waals surface area contributed by atoms with Crippen molar-refractivity contribution in [2.24, 2.45) is 0 Å². The highest BCUT2D eigenvalue weighted by Crippen LogP contribution is 2.36. The zero-order valence-electron chi connectivity index (χ0n) is 13.1. The van der Waals surface area contributed by atoms with Crippen LogP contribution in [-0.4, -0.2) is 18.2 Å². The molecule has 0 aliphatic carbocycles. The van der Waals surface area contributed by atoms with E-state index in [0.29, 0.717) is 22.4 Å². The first-order valence-electron chi connectivity index (χ1n) is 7.07. The SMILES string of the molecule is COc1cc(F)c(C(C)C)cc1-c1ccc(C)cc1C(=O)O. The van der Waals surface area contributed by atoms with Gasteiger partial charge in [-0.15, -0.1) is 0 Å². The Labute approximate surface area is 129 Å². The van der Waals surface area contributed by atoms with Gasteiger partial charge in [-0.2, -0.15) is 0 Å². The van der Waals surface area contributed by atoms with E-state index in [-0.39, 0.29) is 17.3 Å². The van der Waals surface area contributed by atoms with E-state index >= 15 is 0 Å². The second kappa shape index (κ2) is 6.18. The molecule has 0 bridgehead atoms. The number of hydrogen-bond acceptors (Lipinski definition) is 2. The average molecular weight is 302 g/mol. The molecule has 1 N–H and O–H groups in total. The molecule has 3 nitrogen and oxygen atoms in total. The van der Waals surface area contributed by atoms with E-state index in [0.717, 1.165) is 5.56 Å². The van der Waals surface area contributed by atoms with Gasteiger partial charge < -0.3 is 9.84 Å². The molecule has 0 saturated carbocycles. The summed E-state index contributed by atoms with van der Waals surface area (Å²) in [4.78, 5) is 11.5. The normalized spacial score (nSPS) is 10.8. The predicted octanol–water partition coefficient (Wildman–Crippen LogP) is 4.63. The van der Waals surface area contributed by atoms with Gasteiger partial charge in [-0.05, 0) is 36.1 Å². The second-order valence-corrected chi connectivity index (χ2v) is 5.58. The van der Waals surface area contributed by atoms with Crippen LogP contribution in [0.3, 0.4) is 0 Å². The van der Waals surface area contributed by atoms with E-state index in [1.165, 1.54) is 13.2 Å². The molecule has 0 aliphatic heterocycles. The van der Waals surface area contributed by atoms with Gasteiger partial charge in [0.1, 0.15) is 11.6 Å². The van der Waals surface area contributed by atoms with Crippen LogP contribution in [0.25, 0.3) is 11.1 Å². The molecule has 0 fully saturated rings. The Balaban J connectivity index is 2.76. The van der Waals surface area contributed by atoms with E-state index in [1.54, 1.807) is 18.2 Å². The van der Waals surface area contributed by atoms with Crippen molar-refractivity contribution in [3.05, 3.63) is 52.8 Å². The molecule has 0 aromatic heterocycles. The minimum absolute atomic E-state index is 0.0108. The number of carbonyl (C=O) groups is 1. The van der Waals surface area contributed by atoms with Gasteiger partial charge in [0.05, 0.1) is 12.7 Å². The number of ether oxygens (including phenoxy) is 1. The van der Waals surface area contributed by atoms with Crippen molar-refractivity contribution in [1.82, 2.24) is 0 Å². The highest BCUT2D eigenvalue weighted by molar-refractivity contribution is 5.97. The molecular formula is C18H19FO3. The van der Waals surface area contributed by atoms with Crippen LogP contribution >= 0.6 is 0 Å². The van der Waals surface area contributed by atoms with Crippen molar-refractivity contribution < 1.29 is 19.0 Å². The minimum atomic E-state index is -1.02. The molecule has 0 saturated heterocycles. The summed E-state index contributed by atoms with van der Waals surface area (Å²) in [6.45, 7) is 5.61. The van der Waals surface area contributed by atoms with Crippen LogP contribution in [0.15, 0.2) is 30.3 Å². The monoisotopic (exact) mass is 302 g/mol. The molecule has 2 aromatic rings. The fourth-order valence-corrected chi connectivity index (χ4v) is 2.46. The molecular weight excluding hydrogens is 283 g/mol. The van der Waals surface area contributed by atoms with Gasteiger partial charge >= 0.3 is 5.97 Å². The van der Waals surface area contributed by atoms with Crippen LogP contribution in [0.2, 0.25) is 0 Å². The topological polar surface area (TPSA) is 46.5 Å². The molecule has 4 heteroatoms. The van der Waals surface area contributed by atoms with Crippen LogP contribution in [0.5, 0.6) is 5.75 Å². The number of methoxy groups -OCH3 is 1. The highest BCUT2D eigenvalue weighted by Gasteiger charge is 2.19. The van der Waals surface area contributed by atoms with Gasteiger partial charge in [-0.25, -0.2) is 9.18 Å². The van der Waals surface area contributed by atoms with Gasteiger partial charge in [0, 0.05) is 11.6 Å². The lowest BCUT2D eigenvalue weighted by Crippen LogP contribution is -2.03. The van der Waals surface area contributed by atoms with Crippen molar-refractivity contribution >= 4 is 5.97 Å². The molecule has 0 atom stereocenters. The summed E-state index contributed by atoms with van der Waals surface area (Å²) >= 11 is 0. The summed E-state index contributed by atoms with van der Waals surface area (Å²) in [5, 5.41) is 9.43. The summed E-state index contributed by atoms with van der Waals surface area (Å²) in [5.41, 5.74) is 2.68. The minimum Gasteiger partial charge on any atom is -0.496 e. The molecule has 2 rings (SSSR count). The van der Waals surface area contributed by atoms with E-state index in [9.17, 15) is 14.3 Å². The molecule has 0 unspecified atom stereocenters. The summed E-state index contributed by atoms with van der Waals surface area (Å²) in [6, 6.07) is 8.17. The highest BCUT2D eigenvalue weighted by atomic mass is 19.1. The van der Waals surface area contributed by atoms with E-state index < -0.39 is 5.97 Å². The summed E-state index contributed by atoms with van der Waals surface area (Å²) in [5.74, 6) is -1.05. The van der Waals surface area contributed by atoms with Gasteiger partial charge in [0.15, 0.2) is 0 Å². The number of rotatable bonds is 4. The zero-order valence-corrected chi connectivity index (χ0v) is 13.1. The number of aromatic carboxylic acids is 1. The number of hydrogen-bond donors (Lipinski definition) is 1. The second-order valence-electron chi connectivity index (χ2n) is 5.58. The predicted molar refractivity (Wildman–Crippen MR) is 84.2 cm³/mol. The third-order valence-electron chi connectivity index (χ3n) is 3.64. The molecule has 0 amide bonds. The Morgan fingerprint density at radius 1 is 1.18 bits per heavy atom. The molecule has 0 aliphatic rings. The number of carboxylic acids is 1. The third kappa shape index (κ3) is 2.96. The van der Waals surface area contributed by atoms with Crippen LogP contribution in [0.1, 0.15) is 41.3 Å². The van der Waals surface area contributed by atoms with Crippen LogP contribution in [0.4, 0.5) is 4.39 Å². The number of halogens is 1. The lowest BCUT2D eigenvalue weighted by molar-refractivity contribution is 0.0697. The summed E-state index contributed by atoms with van der Waals surface area (Å²) < 4.78 is 19.4. The lowest BCUT2D eigenvalue weighted by Gasteiger charge is -2.16. The maximum atomic E-state index is 14.1. The zero-order chi connectivity index (χ0) is 16.4. The Kier molecular flexibility index (Phi) is 4.50. The van der Waals surface area contributed by atoms with E-state index in [4.69, 9.17) is 4.74 Å². The van der Waals surface area contributed by atoms with Gasteiger partial charge in [0.25, 0.3) is 0 Å². The van der Waals surface area contributed by atoms with Crippen molar-refractivity contribution in [3.8, 4) is 16.9 Å². The first-order valence-corrected chi connectivity index (χ1v) is 7.07. The fraction of sp³-hybridized carbons (Fsp3) is 0.278. The van der Waals surface area contributed by atoms with Gasteiger partial charge in [-0.1, -0.05) is 31.5 Å². The molecule has 2 aromatic carbocycles. The fourth-order valence-electron chi connectivity index (χ4n) is 2.46.